The number of rotatable bonds is 9. The van der Waals surface area contributed by atoms with Crippen molar-refractivity contribution in [2.24, 2.45) is 0 Å². The van der Waals surface area contributed by atoms with Crippen molar-refractivity contribution >= 4 is 63.1 Å². The standard InChI is InChI=1S/C27H28Cl2F2N6O4/c28-18-12-16(3-4-19(18)30)34-25-17-13-21(35-26(38)22-2-1-5-37(22)27(39)24(29)31)23(14-20(17)32-15-33-25)41-11-8-36-6-9-40-10-7-36/h3-4,12-15,22,24H,1-2,5-11H2,(H,35,38)(H,32,33,34)/t22-,24?/m1/s1. The molecule has 1 unspecified atom stereocenters. The topological polar surface area (TPSA) is 109 Å². The molecule has 0 saturated carbocycles. The second-order valence-corrected chi connectivity index (χ2v) is 10.4. The molecule has 2 aromatic carbocycles. The van der Waals surface area contributed by atoms with Gasteiger partial charge in [-0.15, -0.1) is 0 Å². The molecular formula is C27H28Cl2F2N6O4. The van der Waals surface area contributed by atoms with Gasteiger partial charge in [0.25, 0.3) is 11.5 Å². The first-order chi connectivity index (χ1) is 19.8. The van der Waals surface area contributed by atoms with Gasteiger partial charge in [0, 0.05) is 43.3 Å². The summed E-state index contributed by atoms with van der Waals surface area (Å²) in [5.41, 5.74) is -0.889. The van der Waals surface area contributed by atoms with Gasteiger partial charge in [0.05, 0.1) is 29.4 Å². The predicted octanol–water partition coefficient (Wildman–Crippen LogP) is 4.34. The Labute approximate surface area is 244 Å². The number of anilines is 3. The number of alkyl halides is 2. The average molecular weight is 609 g/mol. The maximum Gasteiger partial charge on any atom is 0.273 e. The van der Waals surface area contributed by atoms with Gasteiger partial charge in [-0.2, -0.15) is 0 Å². The molecule has 0 aliphatic carbocycles. The number of carbonyl (C=O) groups excluding carboxylic acids is 2. The molecule has 1 aromatic heterocycles. The van der Waals surface area contributed by atoms with Crippen molar-refractivity contribution in [2.75, 3.05) is 56.6 Å². The molecule has 2 fully saturated rings. The fourth-order valence-corrected chi connectivity index (χ4v) is 5.17. The highest BCUT2D eigenvalue weighted by Crippen LogP contribution is 2.34. The van der Waals surface area contributed by atoms with Crippen LogP contribution in [0.15, 0.2) is 36.7 Å². The number of carbonyl (C=O) groups is 2. The molecule has 218 valence electrons. The van der Waals surface area contributed by atoms with E-state index in [-0.39, 0.29) is 11.6 Å². The number of morpholine rings is 1. The van der Waals surface area contributed by atoms with Crippen LogP contribution in [0.3, 0.4) is 0 Å². The lowest BCUT2D eigenvalue weighted by Crippen LogP contribution is -2.45. The van der Waals surface area contributed by atoms with Crippen LogP contribution in [-0.4, -0.2) is 89.3 Å². The number of halogens is 4. The zero-order chi connectivity index (χ0) is 28.9. The van der Waals surface area contributed by atoms with E-state index in [2.05, 4.69) is 25.5 Å². The Morgan fingerprint density at radius 2 is 1.98 bits per heavy atom. The lowest BCUT2D eigenvalue weighted by Gasteiger charge is -2.27. The maximum atomic E-state index is 13.7. The summed E-state index contributed by atoms with van der Waals surface area (Å²) in [5, 5.41) is 6.44. The lowest BCUT2D eigenvalue weighted by molar-refractivity contribution is -0.138. The number of amides is 2. The lowest BCUT2D eigenvalue weighted by atomic mass is 10.1. The molecular weight excluding hydrogens is 581 g/mol. The number of hydrogen-bond acceptors (Lipinski definition) is 8. The van der Waals surface area contributed by atoms with Gasteiger partial charge in [-0.25, -0.2) is 18.7 Å². The summed E-state index contributed by atoms with van der Waals surface area (Å²) in [6, 6.07) is 6.63. The van der Waals surface area contributed by atoms with Gasteiger partial charge < -0.3 is 25.0 Å². The summed E-state index contributed by atoms with van der Waals surface area (Å²) in [5.74, 6) is -1.25. The molecule has 14 heteroatoms. The fourth-order valence-electron chi connectivity index (χ4n) is 4.87. The van der Waals surface area contributed by atoms with Crippen molar-refractivity contribution in [3.8, 4) is 5.75 Å². The molecule has 0 bridgehead atoms. The van der Waals surface area contributed by atoms with Crippen LogP contribution >= 0.6 is 23.2 Å². The monoisotopic (exact) mass is 608 g/mol. The Morgan fingerprint density at radius 1 is 1.17 bits per heavy atom. The Morgan fingerprint density at radius 3 is 2.73 bits per heavy atom. The highest BCUT2D eigenvalue weighted by Gasteiger charge is 2.37. The highest BCUT2D eigenvalue weighted by molar-refractivity contribution is 6.31. The third-order valence-corrected chi connectivity index (χ3v) is 7.45. The van der Waals surface area contributed by atoms with Crippen LogP contribution in [0.4, 0.5) is 26.0 Å². The van der Waals surface area contributed by atoms with Crippen molar-refractivity contribution in [1.82, 2.24) is 19.8 Å². The number of aromatic nitrogens is 2. The minimum atomic E-state index is -2.23. The number of likely N-dealkylation sites (tertiary alicyclic amines) is 1. The van der Waals surface area contributed by atoms with E-state index in [9.17, 15) is 18.4 Å². The number of ether oxygens (including phenoxy) is 2. The van der Waals surface area contributed by atoms with Gasteiger partial charge in [-0.05, 0) is 37.1 Å². The molecule has 5 rings (SSSR count). The first kappa shape index (κ1) is 29.2. The van der Waals surface area contributed by atoms with E-state index < -0.39 is 29.3 Å². The van der Waals surface area contributed by atoms with Crippen LogP contribution < -0.4 is 15.4 Å². The number of benzene rings is 2. The predicted molar refractivity (Wildman–Crippen MR) is 151 cm³/mol. The number of nitrogens with zero attached hydrogens (tertiary/aromatic N) is 4. The molecule has 10 nitrogen and oxygen atoms in total. The molecule has 2 aliphatic rings. The molecule has 0 radical (unpaired) electrons. The van der Waals surface area contributed by atoms with E-state index in [1.54, 1.807) is 12.1 Å². The minimum absolute atomic E-state index is 0.0552. The summed E-state index contributed by atoms with van der Waals surface area (Å²) in [6.45, 7) is 4.11. The summed E-state index contributed by atoms with van der Waals surface area (Å²) in [7, 11) is 0. The van der Waals surface area contributed by atoms with Crippen LogP contribution in [-0.2, 0) is 14.3 Å². The van der Waals surface area contributed by atoms with Gasteiger partial charge in [0.15, 0.2) is 0 Å². The molecule has 3 aromatic rings. The number of fused-ring (bicyclic) bond motifs is 1. The normalized spacial score (nSPS) is 18.3. The van der Waals surface area contributed by atoms with E-state index in [1.165, 1.54) is 24.5 Å². The summed E-state index contributed by atoms with van der Waals surface area (Å²) in [4.78, 5) is 37.7. The smallest absolute Gasteiger partial charge is 0.273 e. The van der Waals surface area contributed by atoms with Gasteiger partial charge >= 0.3 is 0 Å². The van der Waals surface area contributed by atoms with Crippen LogP contribution in [0, 0.1) is 5.82 Å². The third kappa shape index (κ3) is 6.95. The SMILES string of the molecule is O=C(Nc1cc2c(Nc3ccc(F)c(Cl)c3)ncnc2cc1OCCN1CCOCC1)[C@H]1CCCN1C(=O)C(F)Cl. The van der Waals surface area contributed by atoms with Crippen LogP contribution in [0.5, 0.6) is 5.75 Å². The fraction of sp³-hybridized carbons (Fsp3) is 0.407. The van der Waals surface area contributed by atoms with E-state index in [0.29, 0.717) is 73.1 Å². The molecule has 0 spiro atoms. The van der Waals surface area contributed by atoms with E-state index in [4.69, 9.17) is 32.7 Å². The van der Waals surface area contributed by atoms with Crippen molar-refractivity contribution in [3.05, 3.63) is 47.5 Å². The summed E-state index contributed by atoms with van der Waals surface area (Å²) >= 11 is 11.3. The molecule has 2 saturated heterocycles. The minimum Gasteiger partial charge on any atom is -0.490 e. The largest absolute Gasteiger partial charge is 0.490 e. The van der Waals surface area contributed by atoms with Crippen LogP contribution in [0.1, 0.15) is 12.8 Å². The van der Waals surface area contributed by atoms with Crippen LogP contribution in [0.2, 0.25) is 5.02 Å². The third-order valence-electron chi connectivity index (χ3n) is 6.97. The van der Waals surface area contributed by atoms with Crippen molar-refractivity contribution in [3.63, 3.8) is 0 Å². The average Bonchev–Trinajstić information content (AvgIpc) is 3.46. The zero-order valence-corrected chi connectivity index (χ0v) is 23.4. The first-order valence-corrected chi connectivity index (χ1v) is 13.9. The Balaban J connectivity index is 1.44. The van der Waals surface area contributed by atoms with Gasteiger partial charge in [-0.3, -0.25) is 14.5 Å². The maximum absolute atomic E-state index is 13.7. The Kier molecular flexibility index (Phi) is 9.33. The van der Waals surface area contributed by atoms with Crippen molar-refractivity contribution < 1.29 is 27.8 Å². The first-order valence-electron chi connectivity index (χ1n) is 13.1. The Hall–Kier alpha value is -3.32. The molecule has 2 N–H and O–H groups in total. The van der Waals surface area contributed by atoms with Crippen molar-refractivity contribution in [1.29, 1.82) is 0 Å². The van der Waals surface area contributed by atoms with E-state index in [0.717, 1.165) is 18.0 Å². The second-order valence-electron chi connectivity index (χ2n) is 9.62. The highest BCUT2D eigenvalue weighted by atomic mass is 35.5. The number of hydrogen-bond donors (Lipinski definition) is 2. The van der Waals surface area contributed by atoms with E-state index in [1.807, 2.05) is 0 Å². The van der Waals surface area contributed by atoms with Gasteiger partial charge in [-0.1, -0.05) is 23.2 Å². The van der Waals surface area contributed by atoms with E-state index >= 15 is 0 Å². The van der Waals surface area contributed by atoms with Gasteiger partial charge in [0.2, 0.25) is 5.91 Å². The molecule has 41 heavy (non-hydrogen) atoms. The Bertz CT molecular complexity index is 1430. The number of nitrogens with one attached hydrogen (secondary N) is 2. The van der Waals surface area contributed by atoms with Crippen LogP contribution in [0.25, 0.3) is 10.9 Å². The quantitative estimate of drug-likeness (QED) is 0.345. The van der Waals surface area contributed by atoms with Crippen molar-refractivity contribution in [2.45, 2.75) is 24.5 Å². The summed E-state index contributed by atoms with van der Waals surface area (Å²) < 4.78 is 38.8. The molecule has 2 aliphatic heterocycles. The molecule has 3 heterocycles. The second kappa shape index (κ2) is 13.1. The molecule has 2 amide bonds. The zero-order valence-electron chi connectivity index (χ0n) is 21.9. The summed E-state index contributed by atoms with van der Waals surface area (Å²) in [6.07, 6.45) is 2.27. The van der Waals surface area contributed by atoms with Gasteiger partial charge in [0.1, 0.15) is 36.4 Å². The molecule has 2 atom stereocenters.